The maximum Gasteiger partial charge on any atom is 0.221 e. The molecular weight excluding hydrogens is 290 g/mol. The first-order chi connectivity index (χ1) is 10.4. The number of hydrogen-bond acceptors (Lipinski definition) is 6. The van der Waals surface area contributed by atoms with E-state index < -0.39 is 31.2 Å². The van der Waals surface area contributed by atoms with Crippen LogP contribution in [-0.4, -0.2) is 52.4 Å². The fourth-order valence-electron chi connectivity index (χ4n) is 2.32. The molecule has 0 unspecified atom stereocenters. The summed E-state index contributed by atoms with van der Waals surface area (Å²) >= 11 is 0. The summed E-state index contributed by atoms with van der Waals surface area (Å²) < 4.78 is 11.1. The molecule has 4 N–H and O–H groups in total. The molecule has 122 valence electrons. The van der Waals surface area contributed by atoms with Crippen molar-refractivity contribution < 1.29 is 29.6 Å². The predicted molar refractivity (Wildman–Crippen MR) is 78.5 cm³/mol. The Bertz CT molecular complexity index is 535. The highest BCUT2D eigenvalue weighted by Crippen LogP contribution is 2.30. The highest BCUT2D eigenvalue weighted by molar-refractivity contribution is 5.90. The van der Waals surface area contributed by atoms with Gasteiger partial charge in [-0.25, -0.2) is 0 Å². The third-order valence-corrected chi connectivity index (χ3v) is 3.42. The summed E-state index contributed by atoms with van der Waals surface area (Å²) in [6, 6.07) is 5.27. The minimum Gasteiger partial charge on any atom is -0.463 e. The lowest BCUT2D eigenvalue weighted by Gasteiger charge is -2.36. The maximum absolute atomic E-state index is 11.3. The van der Waals surface area contributed by atoms with Crippen molar-refractivity contribution in [3.63, 3.8) is 0 Å². The number of benzene rings is 1. The van der Waals surface area contributed by atoms with Gasteiger partial charge in [0.2, 0.25) is 12.2 Å². The van der Waals surface area contributed by atoms with Gasteiger partial charge in [-0.05, 0) is 24.6 Å². The van der Waals surface area contributed by atoms with Crippen LogP contribution in [0.15, 0.2) is 18.2 Å². The zero-order valence-electron chi connectivity index (χ0n) is 12.5. The molecule has 0 bridgehead atoms. The molecule has 0 radical (unpaired) electrons. The second-order valence-electron chi connectivity index (χ2n) is 5.38. The summed E-state index contributed by atoms with van der Waals surface area (Å²) in [5.41, 5.74) is 1.45. The summed E-state index contributed by atoms with van der Waals surface area (Å²) in [5.74, 6) is 0.162. The zero-order valence-corrected chi connectivity index (χ0v) is 12.5. The van der Waals surface area contributed by atoms with Gasteiger partial charge in [0.15, 0.2) is 0 Å². The van der Waals surface area contributed by atoms with Gasteiger partial charge in [-0.15, -0.1) is 0 Å². The first-order valence-corrected chi connectivity index (χ1v) is 7.08. The van der Waals surface area contributed by atoms with Crippen molar-refractivity contribution in [1.29, 1.82) is 0 Å². The fraction of sp³-hybridized carbons (Fsp3) is 0.533. The van der Waals surface area contributed by atoms with E-state index in [4.69, 9.17) is 14.6 Å². The van der Waals surface area contributed by atoms with Crippen LogP contribution in [-0.2, 0) is 9.53 Å². The summed E-state index contributed by atoms with van der Waals surface area (Å²) in [7, 11) is 0. The highest BCUT2D eigenvalue weighted by atomic mass is 16.7. The number of carbonyl (C=O) groups excluding carboxylic acids is 1. The van der Waals surface area contributed by atoms with Gasteiger partial charge in [0.25, 0.3) is 0 Å². The first kappa shape index (κ1) is 16.7. The number of amides is 1. The SMILES string of the molecule is CC(=O)Nc1cc(C)ccc1O[C@H]1C[C@@H](O)[C@@H](O)[C@@H](CO)O1. The van der Waals surface area contributed by atoms with Crippen molar-refractivity contribution in [1.82, 2.24) is 0 Å². The number of nitrogens with one attached hydrogen (secondary N) is 1. The summed E-state index contributed by atoms with van der Waals surface area (Å²) in [6.45, 7) is 2.85. The van der Waals surface area contributed by atoms with Crippen LogP contribution >= 0.6 is 0 Å². The average Bonchev–Trinajstić information content (AvgIpc) is 2.45. The zero-order chi connectivity index (χ0) is 16.3. The summed E-state index contributed by atoms with van der Waals surface area (Å²) in [6.07, 6.45) is -3.89. The van der Waals surface area contributed by atoms with Crippen molar-refractivity contribution in [2.45, 2.75) is 44.9 Å². The third-order valence-electron chi connectivity index (χ3n) is 3.42. The number of aryl methyl sites for hydroxylation is 1. The molecule has 2 rings (SSSR count). The minimum absolute atomic E-state index is 0.0606. The Hall–Kier alpha value is -1.67. The average molecular weight is 311 g/mol. The second-order valence-corrected chi connectivity index (χ2v) is 5.38. The van der Waals surface area contributed by atoms with Gasteiger partial charge in [-0.1, -0.05) is 6.07 Å². The van der Waals surface area contributed by atoms with E-state index in [9.17, 15) is 15.0 Å². The van der Waals surface area contributed by atoms with Crippen molar-refractivity contribution in [3.8, 4) is 5.75 Å². The van der Waals surface area contributed by atoms with E-state index in [1.165, 1.54) is 6.92 Å². The molecule has 1 fully saturated rings. The van der Waals surface area contributed by atoms with Gasteiger partial charge in [-0.3, -0.25) is 4.79 Å². The molecule has 1 saturated heterocycles. The number of hydrogen-bond donors (Lipinski definition) is 4. The first-order valence-electron chi connectivity index (χ1n) is 7.08. The van der Waals surface area contributed by atoms with Crippen LogP contribution in [0.5, 0.6) is 5.75 Å². The van der Waals surface area contributed by atoms with Crippen LogP contribution < -0.4 is 10.1 Å². The maximum atomic E-state index is 11.3. The minimum atomic E-state index is -1.15. The van der Waals surface area contributed by atoms with Crippen LogP contribution in [0.1, 0.15) is 18.9 Å². The third kappa shape index (κ3) is 3.95. The Balaban J connectivity index is 2.14. The predicted octanol–water partition coefficient (Wildman–Crippen LogP) is 0.161. The quantitative estimate of drug-likeness (QED) is 0.631. The molecule has 0 aromatic heterocycles. The summed E-state index contributed by atoms with van der Waals surface area (Å²) in [5, 5.41) is 31.3. The molecular formula is C15H21NO6. The topological polar surface area (TPSA) is 108 Å². The molecule has 7 heteroatoms. The molecule has 4 atom stereocenters. The Morgan fingerprint density at radius 1 is 1.45 bits per heavy atom. The number of aliphatic hydroxyl groups is 3. The Morgan fingerprint density at radius 3 is 2.82 bits per heavy atom. The Morgan fingerprint density at radius 2 is 2.18 bits per heavy atom. The molecule has 0 spiro atoms. The van der Waals surface area contributed by atoms with Gasteiger partial charge in [0, 0.05) is 13.3 Å². The van der Waals surface area contributed by atoms with E-state index in [1.807, 2.05) is 13.0 Å². The standard InChI is InChI=1S/C15H21NO6/c1-8-3-4-12(10(5-8)16-9(2)18)21-14-6-11(19)15(20)13(7-17)22-14/h3-5,11,13-15,17,19-20H,6-7H2,1-2H3,(H,16,18)/t11-,13-,14-,15-/m1/s1. The van der Waals surface area contributed by atoms with Crippen LogP contribution in [0.25, 0.3) is 0 Å². The van der Waals surface area contributed by atoms with Crippen molar-refractivity contribution in [2.24, 2.45) is 0 Å². The number of carbonyl (C=O) groups is 1. The molecule has 1 aliphatic rings. The van der Waals surface area contributed by atoms with Crippen LogP contribution in [0.3, 0.4) is 0 Å². The van der Waals surface area contributed by atoms with Gasteiger partial charge in [0.05, 0.1) is 18.4 Å². The van der Waals surface area contributed by atoms with E-state index in [1.54, 1.807) is 12.1 Å². The molecule has 7 nitrogen and oxygen atoms in total. The molecule has 22 heavy (non-hydrogen) atoms. The molecule has 1 heterocycles. The normalized spacial score (nSPS) is 28.2. The number of rotatable bonds is 4. The molecule has 1 aliphatic heterocycles. The van der Waals surface area contributed by atoms with E-state index in [2.05, 4.69) is 5.32 Å². The van der Waals surface area contributed by atoms with Crippen LogP contribution in [0.4, 0.5) is 5.69 Å². The van der Waals surface area contributed by atoms with Crippen LogP contribution in [0, 0.1) is 6.92 Å². The number of ether oxygens (including phenoxy) is 2. The van der Waals surface area contributed by atoms with Crippen LogP contribution in [0.2, 0.25) is 0 Å². The van der Waals surface area contributed by atoms with Crippen molar-refractivity contribution in [3.05, 3.63) is 23.8 Å². The lowest BCUT2D eigenvalue weighted by molar-refractivity contribution is -0.229. The molecule has 1 amide bonds. The number of anilines is 1. The Labute approximate surface area is 128 Å². The van der Waals surface area contributed by atoms with Gasteiger partial charge >= 0.3 is 0 Å². The van der Waals surface area contributed by atoms with E-state index in [0.29, 0.717) is 11.4 Å². The molecule has 0 saturated carbocycles. The van der Waals surface area contributed by atoms with Gasteiger partial charge in [0.1, 0.15) is 18.0 Å². The lowest BCUT2D eigenvalue weighted by atomic mass is 10.0. The van der Waals surface area contributed by atoms with E-state index in [-0.39, 0.29) is 12.3 Å². The lowest BCUT2D eigenvalue weighted by Crippen LogP contribution is -2.51. The Kier molecular flexibility index (Phi) is 5.36. The van der Waals surface area contributed by atoms with Gasteiger partial charge < -0.3 is 30.1 Å². The fourth-order valence-corrected chi connectivity index (χ4v) is 2.32. The second kappa shape index (κ2) is 7.06. The monoisotopic (exact) mass is 311 g/mol. The smallest absolute Gasteiger partial charge is 0.221 e. The summed E-state index contributed by atoms with van der Waals surface area (Å²) in [4.78, 5) is 11.3. The number of aliphatic hydroxyl groups excluding tert-OH is 3. The van der Waals surface area contributed by atoms with Gasteiger partial charge in [-0.2, -0.15) is 0 Å². The van der Waals surface area contributed by atoms with E-state index >= 15 is 0 Å². The van der Waals surface area contributed by atoms with Crippen molar-refractivity contribution >= 4 is 11.6 Å². The molecule has 1 aromatic rings. The van der Waals surface area contributed by atoms with E-state index in [0.717, 1.165) is 5.56 Å². The van der Waals surface area contributed by atoms with Crippen molar-refractivity contribution in [2.75, 3.05) is 11.9 Å². The molecule has 1 aromatic carbocycles. The largest absolute Gasteiger partial charge is 0.463 e. The molecule has 0 aliphatic carbocycles. The highest BCUT2D eigenvalue weighted by Gasteiger charge is 2.37.